The van der Waals surface area contributed by atoms with E-state index in [-0.39, 0.29) is 8.80 Å². The van der Waals surface area contributed by atoms with E-state index in [0.717, 1.165) is 0 Å². The van der Waals surface area contributed by atoms with Crippen LogP contribution in [0.5, 0.6) is 0 Å². The van der Waals surface area contributed by atoms with E-state index in [1.165, 1.54) is 75.6 Å². The van der Waals surface area contributed by atoms with E-state index in [9.17, 15) is 0 Å². The van der Waals surface area contributed by atoms with Gasteiger partial charge in [0.15, 0.2) is 0 Å². The van der Waals surface area contributed by atoms with Crippen molar-refractivity contribution in [3.8, 4) is 0 Å². The van der Waals surface area contributed by atoms with Crippen molar-refractivity contribution in [3.63, 3.8) is 0 Å². The van der Waals surface area contributed by atoms with Crippen LogP contribution < -0.4 is 0 Å². The summed E-state index contributed by atoms with van der Waals surface area (Å²) in [5, 5.41) is 0. The van der Waals surface area contributed by atoms with E-state index in [1.54, 1.807) is 18.1 Å². The van der Waals surface area contributed by atoms with Crippen molar-refractivity contribution in [2.45, 2.75) is 112 Å². The first kappa shape index (κ1) is 25.4. The number of quaternary nitrogens is 1. The van der Waals surface area contributed by atoms with E-state index < -0.39 is 0 Å². The highest BCUT2D eigenvalue weighted by atomic mass is 28.3. The number of nitrogens with zero attached hydrogens (tertiary/aromatic N) is 1. The quantitative estimate of drug-likeness (QED) is 0.238. The Morgan fingerprint density at radius 3 is 0.870 bits per heavy atom. The highest BCUT2D eigenvalue weighted by molar-refractivity contribution is 6.58. The van der Waals surface area contributed by atoms with Gasteiger partial charge in [-0.25, -0.2) is 0 Å². The van der Waals surface area contributed by atoms with Crippen molar-refractivity contribution in [1.29, 1.82) is 0 Å². The second-order valence-electron chi connectivity index (χ2n) is 7.47. The summed E-state index contributed by atoms with van der Waals surface area (Å²) < 4.78 is 1.38. The first-order valence-electron chi connectivity index (χ1n) is 10.9. The SMILES string of the molecule is CCC[N+](CCC)(CCC)CCC.CCC[SiH](CCC)CCC. The van der Waals surface area contributed by atoms with Crippen molar-refractivity contribution in [2.24, 2.45) is 0 Å². The zero-order valence-electron chi connectivity index (χ0n) is 17.9. The monoisotopic (exact) mass is 344 g/mol. The lowest BCUT2D eigenvalue weighted by molar-refractivity contribution is -0.928. The summed E-state index contributed by atoms with van der Waals surface area (Å²) in [6.45, 7) is 21.8. The molecule has 0 rings (SSSR count). The molecule has 0 bridgehead atoms. The van der Waals surface area contributed by atoms with Crippen molar-refractivity contribution in [1.82, 2.24) is 0 Å². The third kappa shape index (κ3) is 14.2. The van der Waals surface area contributed by atoms with Crippen LogP contribution in [0.3, 0.4) is 0 Å². The summed E-state index contributed by atoms with van der Waals surface area (Å²) in [6, 6.07) is 4.76. The molecule has 0 atom stereocenters. The molecule has 2 heteroatoms. The van der Waals surface area contributed by atoms with Crippen LogP contribution in [-0.4, -0.2) is 39.5 Å². The first-order chi connectivity index (χ1) is 11.1. The van der Waals surface area contributed by atoms with Crippen LogP contribution in [-0.2, 0) is 0 Å². The maximum atomic E-state index is 2.32. The molecule has 0 aliphatic rings. The van der Waals surface area contributed by atoms with Gasteiger partial charge >= 0.3 is 0 Å². The van der Waals surface area contributed by atoms with E-state index in [2.05, 4.69) is 48.5 Å². The average molecular weight is 345 g/mol. The number of hydrogen-bond acceptors (Lipinski definition) is 0. The van der Waals surface area contributed by atoms with Gasteiger partial charge in [0.25, 0.3) is 0 Å². The Morgan fingerprint density at radius 1 is 0.435 bits per heavy atom. The zero-order valence-corrected chi connectivity index (χ0v) is 19.1. The summed E-state index contributed by atoms with van der Waals surface area (Å²) in [4.78, 5) is 0. The molecule has 0 aromatic heterocycles. The third-order valence-corrected chi connectivity index (χ3v) is 9.06. The lowest BCUT2D eigenvalue weighted by Crippen LogP contribution is -2.50. The molecule has 0 saturated heterocycles. The molecule has 1 nitrogen and oxygen atoms in total. The summed E-state index contributed by atoms with van der Waals surface area (Å²) >= 11 is 0. The van der Waals surface area contributed by atoms with Gasteiger partial charge in [0.1, 0.15) is 0 Å². The Balaban J connectivity index is 0. The van der Waals surface area contributed by atoms with E-state index in [1.807, 2.05) is 0 Å². The molecule has 0 radical (unpaired) electrons. The van der Waals surface area contributed by atoms with Gasteiger partial charge in [-0.05, 0) is 25.7 Å². The molecular weight excluding hydrogens is 294 g/mol. The molecular formula is C21H50NSi+. The Kier molecular flexibility index (Phi) is 20.5. The fourth-order valence-electron chi connectivity index (χ4n) is 4.23. The van der Waals surface area contributed by atoms with Gasteiger partial charge in [-0.3, -0.25) is 0 Å². The van der Waals surface area contributed by atoms with Crippen LogP contribution >= 0.6 is 0 Å². The van der Waals surface area contributed by atoms with Crippen molar-refractivity contribution in [3.05, 3.63) is 0 Å². The topological polar surface area (TPSA) is 0 Å². The van der Waals surface area contributed by atoms with Gasteiger partial charge in [-0.1, -0.05) is 85.9 Å². The van der Waals surface area contributed by atoms with Crippen LogP contribution in [0.2, 0.25) is 18.1 Å². The van der Waals surface area contributed by atoms with Gasteiger partial charge in [0, 0.05) is 8.80 Å². The van der Waals surface area contributed by atoms with E-state index in [4.69, 9.17) is 0 Å². The minimum absolute atomic E-state index is 0.234. The Labute approximate surface area is 151 Å². The molecule has 142 valence electrons. The maximum absolute atomic E-state index is 2.32. The maximum Gasteiger partial charge on any atom is 0.0783 e. The van der Waals surface area contributed by atoms with Crippen LogP contribution in [0.4, 0.5) is 0 Å². The van der Waals surface area contributed by atoms with Crippen LogP contribution in [0, 0.1) is 0 Å². The Bertz CT molecular complexity index is 174. The molecule has 0 aromatic rings. The van der Waals surface area contributed by atoms with Crippen LogP contribution in [0.25, 0.3) is 0 Å². The van der Waals surface area contributed by atoms with Gasteiger partial charge < -0.3 is 4.48 Å². The number of rotatable bonds is 14. The highest BCUT2D eigenvalue weighted by Gasteiger charge is 2.22. The largest absolute Gasteiger partial charge is 0.324 e. The molecule has 0 spiro atoms. The Hall–Kier alpha value is 0.177. The molecule has 0 unspecified atom stereocenters. The second-order valence-corrected chi connectivity index (χ2v) is 10.9. The van der Waals surface area contributed by atoms with Gasteiger partial charge in [0.05, 0.1) is 26.2 Å². The molecule has 23 heavy (non-hydrogen) atoms. The lowest BCUT2D eigenvalue weighted by Gasteiger charge is -2.38. The minimum atomic E-state index is -0.234. The smallest absolute Gasteiger partial charge is 0.0783 e. The van der Waals surface area contributed by atoms with Gasteiger partial charge in [-0.15, -0.1) is 0 Å². The molecule has 0 amide bonds. The molecule has 0 heterocycles. The standard InChI is InChI=1S/C12H28N.C9H22Si/c1-5-9-13(10-6-2,11-7-3)12-8-4;1-4-7-10(8-5-2)9-6-3/h5-12H2,1-4H3;10H,4-9H2,1-3H3/q+1;. The highest BCUT2D eigenvalue weighted by Crippen LogP contribution is 2.13. The molecule has 0 N–H and O–H groups in total. The predicted molar refractivity (Wildman–Crippen MR) is 113 cm³/mol. The van der Waals surface area contributed by atoms with Crippen LogP contribution in [0.15, 0.2) is 0 Å². The normalized spacial score (nSPS) is 11.5. The fraction of sp³-hybridized carbons (Fsp3) is 1.00. The summed E-state index contributed by atoms with van der Waals surface area (Å²) in [7, 11) is -0.234. The predicted octanol–water partition coefficient (Wildman–Crippen LogP) is 6.89. The summed E-state index contributed by atoms with van der Waals surface area (Å²) in [6.07, 6.45) is 9.62. The molecule has 0 aromatic carbocycles. The molecule has 0 aliphatic heterocycles. The average Bonchev–Trinajstić information content (AvgIpc) is 2.50. The van der Waals surface area contributed by atoms with Crippen molar-refractivity contribution < 1.29 is 4.48 Å². The second kappa shape index (κ2) is 18.5. The molecule has 0 saturated carbocycles. The van der Waals surface area contributed by atoms with Gasteiger partial charge in [0.2, 0.25) is 0 Å². The Morgan fingerprint density at radius 2 is 0.696 bits per heavy atom. The van der Waals surface area contributed by atoms with Crippen molar-refractivity contribution in [2.75, 3.05) is 26.2 Å². The lowest BCUT2D eigenvalue weighted by atomic mass is 10.2. The fourth-order valence-corrected chi connectivity index (χ4v) is 7.54. The van der Waals surface area contributed by atoms with E-state index >= 15 is 0 Å². The summed E-state index contributed by atoms with van der Waals surface area (Å²) in [5.74, 6) is 0. The third-order valence-electron chi connectivity index (χ3n) is 4.88. The minimum Gasteiger partial charge on any atom is -0.324 e. The number of hydrogen-bond donors (Lipinski definition) is 0. The van der Waals surface area contributed by atoms with E-state index in [0.29, 0.717) is 0 Å². The first-order valence-corrected chi connectivity index (χ1v) is 13.4. The molecule has 0 fully saturated rings. The summed E-state index contributed by atoms with van der Waals surface area (Å²) in [5.41, 5.74) is 0. The zero-order chi connectivity index (χ0) is 18.0. The van der Waals surface area contributed by atoms with Crippen LogP contribution in [0.1, 0.15) is 93.4 Å². The van der Waals surface area contributed by atoms with Crippen molar-refractivity contribution >= 4 is 8.80 Å². The molecule has 0 aliphatic carbocycles. The van der Waals surface area contributed by atoms with Gasteiger partial charge in [-0.2, -0.15) is 0 Å².